The molecule has 0 radical (unpaired) electrons. The van der Waals surface area contributed by atoms with Crippen LogP contribution in [0.5, 0.6) is 0 Å². The minimum Gasteiger partial charge on any atom is -0.481 e. The number of hydrogen-bond acceptors (Lipinski definition) is 5. The zero-order chi connectivity index (χ0) is 16.2. The highest BCUT2D eigenvalue weighted by atomic mass is 16.5. The van der Waals surface area contributed by atoms with Crippen LogP contribution < -0.4 is 10.6 Å². The molecule has 7 heteroatoms. The second-order valence-electron chi connectivity index (χ2n) is 5.53. The summed E-state index contributed by atoms with van der Waals surface area (Å²) in [6.07, 6.45) is 3.09. The molecule has 0 heterocycles. The van der Waals surface area contributed by atoms with Gasteiger partial charge in [-0.05, 0) is 32.7 Å². The van der Waals surface area contributed by atoms with Crippen molar-refractivity contribution in [1.82, 2.24) is 10.6 Å². The first-order valence-electron chi connectivity index (χ1n) is 7.95. The number of carboxylic acid groups (broad SMARTS) is 1. The minimum atomic E-state index is -0.727. The molecule has 1 saturated carbocycles. The maximum Gasteiger partial charge on any atom is 0.306 e. The number of hydrogen-bond donors (Lipinski definition) is 3. The van der Waals surface area contributed by atoms with Gasteiger partial charge >= 0.3 is 5.97 Å². The van der Waals surface area contributed by atoms with Gasteiger partial charge in [-0.15, -0.1) is 0 Å². The molecule has 0 aromatic carbocycles. The van der Waals surface area contributed by atoms with Gasteiger partial charge in [0, 0.05) is 19.0 Å². The molecule has 0 saturated heterocycles. The molecule has 3 N–H and O–H groups in total. The molecule has 7 nitrogen and oxygen atoms in total. The van der Waals surface area contributed by atoms with E-state index in [-0.39, 0.29) is 17.9 Å². The summed E-state index contributed by atoms with van der Waals surface area (Å²) in [5, 5.41) is 14.9. The SMILES string of the molecule is CNCCOCCOCCC(=O)NC1CCC(C(=O)O)CC1. The van der Waals surface area contributed by atoms with Gasteiger partial charge in [0.2, 0.25) is 5.91 Å². The van der Waals surface area contributed by atoms with Crippen LogP contribution in [0.2, 0.25) is 0 Å². The van der Waals surface area contributed by atoms with E-state index in [1.807, 2.05) is 7.05 Å². The van der Waals surface area contributed by atoms with Gasteiger partial charge in [0.05, 0.1) is 32.3 Å². The van der Waals surface area contributed by atoms with Crippen LogP contribution in [0.1, 0.15) is 32.1 Å². The fourth-order valence-corrected chi connectivity index (χ4v) is 2.45. The van der Waals surface area contributed by atoms with Crippen molar-refractivity contribution < 1.29 is 24.2 Å². The van der Waals surface area contributed by atoms with Crippen LogP contribution in [-0.2, 0) is 19.1 Å². The molecule has 1 aliphatic rings. The smallest absolute Gasteiger partial charge is 0.306 e. The van der Waals surface area contributed by atoms with E-state index in [0.29, 0.717) is 45.7 Å². The highest BCUT2D eigenvalue weighted by molar-refractivity contribution is 5.76. The summed E-state index contributed by atoms with van der Waals surface area (Å²) in [4.78, 5) is 22.6. The fraction of sp³-hybridized carbons (Fsp3) is 0.867. The predicted molar refractivity (Wildman–Crippen MR) is 81.7 cm³/mol. The molecule has 1 fully saturated rings. The van der Waals surface area contributed by atoms with Gasteiger partial charge in [-0.3, -0.25) is 9.59 Å². The second kappa shape index (κ2) is 11.4. The Morgan fingerprint density at radius 3 is 2.27 bits per heavy atom. The van der Waals surface area contributed by atoms with E-state index in [0.717, 1.165) is 19.4 Å². The van der Waals surface area contributed by atoms with Gasteiger partial charge in [-0.1, -0.05) is 0 Å². The average molecular weight is 316 g/mol. The van der Waals surface area contributed by atoms with E-state index >= 15 is 0 Å². The number of carboxylic acids is 1. The van der Waals surface area contributed by atoms with Crippen LogP contribution in [0.15, 0.2) is 0 Å². The highest BCUT2D eigenvalue weighted by Crippen LogP contribution is 2.24. The van der Waals surface area contributed by atoms with Crippen LogP contribution in [-0.4, -0.2) is 63.0 Å². The maximum absolute atomic E-state index is 11.8. The van der Waals surface area contributed by atoms with Crippen molar-refractivity contribution in [3.63, 3.8) is 0 Å². The molecule has 0 bridgehead atoms. The normalized spacial score (nSPS) is 21.5. The first kappa shape index (κ1) is 18.9. The summed E-state index contributed by atoms with van der Waals surface area (Å²) in [7, 11) is 1.87. The Morgan fingerprint density at radius 1 is 1.05 bits per heavy atom. The second-order valence-corrected chi connectivity index (χ2v) is 5.53. The van der Waals surface area contributed by atoms with E-state index in [2.05, 4.69) is 10.6 Å². The van der Waals surface area contributed by atoms with Crippen molar-refractivity contribution >= 4 is 11.9 Å². The lowest BCUT2D eigenvalue weighted by molar-refractivity contribution is -0.142. The van der Waals surface area contributed by atoms with Gasteiger partial charge in [0.25, 0.3) is 0 Å². The standard InChI is InChI=1S/C15H28N2O5/c1-16-7-9-22-11-10-21-8-6-14(18)17-13-4-2-12(3-5-13)15(19)20/h12-13,16H,2-11H2,1H3,(H,17,18)(H,19,20). The Bertz CT molecular complexity index is 330. The van der Waals surface area contributed by atoms with E-state index in [4.69, 9.17) is 14.6 Å². The van der Waals surface area contributed by atoms with Crippen molar-refractivity contribution in [3.8, 4) is 0 Å². The van der Waals surface area contributed by atoms with Gasteiger partial charge in [0.15, 0.2) is 0 Å². The van der Waals surface area contributed by atoms with E-state index in [1.165, 1.54) is 0 Å². The molecular weight excluding hydrogens is 288 g/mol. The third-order valence-corrected chi connectivity index (χ3v) is 3.78. The molecule has 0 unspecified atom stereocenters. The van der Waals surface area contributed by atoms with Crippen LogP contribution in [0.3, 0.4) is 0 Å². The lowest BCUT2D eigenvalue weighted by Crippen LogP contribution is -2.39. The summed E-state index contributed by atoms with van der Waals surface area (Å²) < 4.78 is 10.6. The Kier molecular flexibility index (Phi) is 9.77. The molecule has 128 valence electrons. The number of carbonyl (C=O) groups excluding carboxylic acids is 1. The molecule has 1 rings (SSSR count). The average Bonchev–Trinajstić information content (AvgIpc) is 2.50. The molecule has 0 spiro atoms. The molecule has 1 amide bonds. The number of likely N-dealkylation sites (N-methyl/N-ethyl adjacent to an activating group) is 1. The fourth-order valence-electron chi connectivity index (χ4n) is 2.45. The van der Waals surface area contributed by atoms with Gasteiger partial charge in [-0.25, -0.2) is 0 Å². The van der Waals surface area contributed by atoms with Gasteiger partial charge in [-0.2, -0.15) is 0 Å². The summed E-state index contributed by atoms with van der Waals surface area (Å²) in [5.74, 6) is -1.01. The Balaban J connectivity index is 1.97. The molecule has 0 aromatic heterocycles. The number of amides is 1. The van der Waals surface area contributed by atoms with Gasteiger partial charge < -0.3 is 25.2 Å². The molecule has 0 atom stereocenters. The quantitative estimate of drug-likeness (QED) is 0.477. The minimum absolute atomic E-state index is 0.0325. The molecule has 22 heavy (non-hydrogen) atoms. The largest absolute Gasteiger partial charge is 0.481 e. The third-order valence-electron chi connectivity index (χ3n) is 3.78. The summed E-state index contributed by atoms with van der Waals surface area (Å²) in [5.41, 5.74) is 0. The van der Waals surface area contributed by atoms with Crippen molar-refractivity contribution in [1.29, 1.82) is 0 Å². The maximum atomic E-state index is 11.8. The lowest BCUT2D eigenvalue weighted by Gasteiger charge is -2.26. The summed E-state index contributed by atoms with van der Waals surface area (Å²) in [6, 6.07) is 0.105. The number of carbonyl (C=O) groups is 2. The number of rotatable bonds is 11. The van der Waals surface area contributed by atoms with Crippen molar-refractivity contribution in [3.05, 3.63) is 0 Å². The predicted octanol–water partition coefficient (Wildman–Crippen LogP) is 0.389. The summed E-state index contributed by atoms with van der Waals surface area (Å²) in [6.45, 7) is 2.86. The zero-order valence-electron chi connectivity index (χ0n) is 13.3. The van der Waals surface area contributed by atoms with Crippen LogP contribution in [0, 0.1) is 5.92 Å². The van der Waals surface area contributed by atoms with Gasteiger partial charge in [0.1, 0.15) is 0 Å². The number of ether oxygens (including phenoxy) is 2. The van der Waals surface area contributed by atoms with E-state index < -0.39 is 5.97 Å². The van der Waals surface area contributed by atoms with Crippen molar-refractivity contribution in [2.45, 2.75) is 38.1 Å². The Labute approximate surface area is 131 Å². The molecular formula is C15H28N2O5. The summed E-state index contributed by atoms with van der Waals surface area (Å²) >= 11 is 0. The van der Waals surface area contributed by atoms with E-state index in [9.17, 15) is 9.59 Å². The van der Waals surface area contributed by atoms with Crippen LogP contribution in [0.25, 0.3) is 0 Å². The Morgan fingerprint density at radius 2 is 1.68 bits per heavy atom. The van der Waals surface area contributed by atoms with Crippen LogP contribution in [0.4, 0.5) is 0 Å². The van der Waals surface area contributed by atoms with E-state index in [1.54, 1.807) is 0 Å². The van der Waals surface area contributed by atoms with Crippen molar-refractivity contribution in [2.75, 3.05) is 40.0 Å². The molecule has 1 aliphatic carbocycles. The number of aliphatic carboxylic acids is 1. The monoisotopic (exact) mass is 316 g/mol. The lowest BCUT2D eigenvalue weighted by atomic mass is 9.86. The highest BCUT2D eigenvalue weighted by Gasteiger charge is 2.26. The first-order chi connectivity index (χ1) is 10.6. The number of nitrogens with one attached hydrogen (secondary N) is 2. The zero-order valence-corrected chi connectivity index (χ0v) is 13.3. The third kappa shape index (κ3) is 8.31. The topological polar surface area (TPSA) is 96.9 Å². The first-order valence-corrected chi connectivity index (χ1v) is 7.95. The van der Waals surface area contributed by atoms with Crippen molar-refractivity contribution in [2.24, 2.45) is 5.92 Å². The van der Waals surface area contributed by atoms with Crippen LogP contribution >= 0.6 is 0 Å². The molecule has 0 aliphatic heterocycles. The molecule has 0 aromatic rings. The Hall–Kier alpha value is -1.18.